The van der Waals surface area contributed by atoms with Gasteiger partial charge in [-0.15, -0.1) is 11.3 Å². The molecular weight excluding hydrogens is 371 g/mol. The van der Waals surface area contributed by atoms with Crippen molar-refractivity contribution in [3.8, 4) is 0 Å². The van der Waals surface area contributed by atoms with Gasteiger partial charge in [-0.1, -0.05) is 17.4 Å². The molecule has 1 aliphatic heterocycles. The van der Waals surface area contributed by atoms with Gasteiger partial charge in [-0.05, 0) is 30.7 Å². The number of amides is 1. The summed E-state index contributed by atoms with van der Waals surface area (Å²) in [6.07, 6.45) is -1.39. The molecule has 136 valence electrons. The monoisotopic (exact) mass is 389 g/mol. The molecule has 0 aliphatic carbocycles. The van der Waals surface area contributed by atoms with Gasteiger partial charge in [-0.3, -0.25) is 4.79 Å². The molecule has 2 aromatic rings. The third kappa shape index (κ3) is 4.72. The Morgan fingerprint density at radius 3 is 2.72 bits per heavy atom. The summed E-state index contributed by atoms with van der Waals surface area (Å²) in [6.45, 7) is 1.71. The SMILES string of the molecule is O=C(NCCc1cccs1)C1CCN(c2ncc(C(F)(F)F)s2)CC1. The summed E-state index contributed by atoms with van der Waals surface area (Å²) in [5.41, 5.74) is 0. The minimum atomic E-state index is -4.35. The Kier molecular flexibility index (Phi) is 5.63. The summed E-state index contributed by atoms with van der Waals surface area (Å²) >= 11 is 2.33. The van der Waals surface area contributed by atoms with Crippen molar-refractivity contribution in [3.63, 3.8) is 0 Å². The number of hydrogen-bond acceptors (Lipinski definition) is 5. The van der Waals surface area contributed by atoms with Gasteiger partial charge >= 0.3 is 6.18 Å². The van der Waals surface area contributed by atoms with Crippen LogP contribution in [0.5, 0.6) is 0 Å². The van der Waals surface area contributed by atoms with Crippen molar-refractivity contribution in [1.82, 2.24) is 10.3 Å². The molecule has 0 unspecified atom stereocenters. The van der Waals surface area contributed by atoms with E-state index in [1.165, 1.54) is 4.88 Å². The van der Waals surface area contributed by atoms with E-state index in [9.17, 15) is 18.0 Å². The second-order valence-corrected chi connectivity index (χ2v) is 7.93. The smallest absolute Gasteiger partial charge is 0.355 e. The van der Waals surface area contributed by atoms with Gasteiger partial charge in [0.05, 0.1) is 6.20 Å². The lowest BCUT2D eigenvalue weighted by Crippen LogP contribution is -2.41. The minimum Gasteiger partial charge on any atom is -0.355 e. The van der Waals surface area contributed by atoms with Crippen LogP contribution in [0.3, 0.4) is 0 Å². The standard InChI is InChI=1S/C16H18F3N3OS2/c17-16(18,19)13-10-21-15(25-13)22-7-4-11(5-8-22)14(23)20-6-3-12-2-1-9-24-12/h1-2,9-11H,3-8H2,(H,20,23). The first-order valence-corrected chi connectivity index (χ1v) is 9.71. The van der Waals surface area contributed by atoms with Crippen LogP contribution in [0.2, 0.25) is 0 Å². The number of thiophene rings is 1. The number of carbonyl (C=O) groups excluding carboxylic acids is 1. The van der Waals surface area contributed by atoms with Gasteiger partial charge in [0.1, 0.15) is 4.88 Å². The summed E-state index contributed by atoms with van der Waals surface area (Å²) in [5, 5.41) is 5.34. The van der Waals surface area contributed by atoms with E-state index in [1.807, 2.05) is 22.4 Å². The van der Waals surface area contributed by atoms with Crippen molar-refractivity contribution in [2.75, 3.05) is 24.5 Å². The maximum absolute atomic E-state index is 12.7. The maximum atomic E-state index is 12.7. The summed E-state index contributed by atoms with van der Waals surface area (Å²) in [6, 6.07) is 4.03. The van der Waals surface area contributed by atoms with Crippen LogP contribution in [0, 0.1) is 5.92 Å². The molecule has 0 saturated carbocycles. The summed E-state index contributed by atoms with van der Waals surface area (Å²) < 4.78 is 38.0. The van der Waals surface area contributed by atoms with Crippen LogP contribution in [0.15, 0.2) is 23.7 Å². The molecule has 0 bridgehead atoms. The Hall–Kier alpha value is -1.61. The fourth-order valence-electron chi connectivity index (χ4n) is 2.78. The molecule has 0 aromatic carbocycles. The van der Waals surface area contributed by atoms with Crippen molar-refractivity contribution in [1.29, 1.82) is 0 Å². The molecule has 3 heterocycles. The Morgan fingerprint density at radius 1 is 1.36 bits per heavy atom. The van der Waals surface area contributed by atoms with E-state index in [0.29, 0.717) is 48.9 Å². The van der Waals surface area contributed by atoms with Gasteiger partial charge in [0.25, 0.3) is 0 Å². The highest BCUT2D eigenvalue weighted by molar-refractivity contribution is 7.15. The van der Waals surface area contributed by atoms with Gasteiger partial charge < -0.3 is 10.2 Å². The molecular formula is C16H18F3N3OS2. The Morgan fingerprint density at radius 2 is 2.12 bits per heavy atom. The van der Waals surface area contributed by atoms with Crippen LogP contribution in [0.25, 0.3) is 0 Å². The minimum absolute atomic E-state index is 0.0336. The average Bonchev–Trinajstić information content (AvgIpc) is 3.26. The lowest BCUT2D eigenvalue weighted by Gasteiger charge is -2.31. The zero-order valence-corrected chi connectivity index (χ0v) is 15.0. The quantitative estimate of drug-likeness (QED) is 0.846. The van der Waals surface area contributed by atoms with Gasteiger partial charge in [-0.25, -0.2) is 4.98 Å². The second kappa shape index (κ2) is 7.74. The lowest BCUT2D eigenvalue weighted by molar-refractivity contribution is -0.134. The number of anilines is 1. The largest absolute Gasteiger partial charge is 0.427 e. The number of thiazole rings is 1. The number of piperidine rings is 1. The first kappa shape index (κ1) is 18.2. The molecule has 9 heteroatoms. The molecule has 0 spiro atoms. The number of nitrogens with zero attached hydrogens (tertiary/aromatic N) is 2. The van der Waals surface area contributed by atoms with Crippen LogP contribution < -0.4 is 10.2 Å². The number of alkyl halides is 3. The van der Waals surface area contributed by atoms with Crippen LogP contribution in [-0.2, 0) is 17.4 Å². The molecule has 25 heavy (non-hydrogen) atoms. The zero-order chi connectivity index (χ0) is 17.9. The molecule has 1 aliphatic rings. The van der Waals surface area contributed by atoms with E-state index < -0.39 is 11.1 Å². The number of hydrogen-bond donors (Lipinski definition) is 1. The van der Waals surface area contributed by atoms with E-state index >= 15 is 0 Å². The van der Waals surface area contributed by atoms with Crippen molar-refractivity contribution in [2.45, 2.75) is 25.4 Å². The maximum Gasteiger partial charge on any atom is 0.427 e. The number of rotatable bonds is 5. The van der Waals surface area contributed by atoms with Crippen molar-refractivity contribution >= 4 is 33.7 Å². The van der Waals surface area contributed by atoms with Gasteiger partial charge in [0.2, 0.25) is 5.91 Å². The number of halogens is 3. The molecule has 4 nitrogen and oxygen atoms in total. The predicted octanol–water partition coefficient (Wildman–Crippen LogP) is 3.80. The highest BCUT2D eigenvalue weighted by Gasteiger charge is 2.34. The summed E-state index contributed by atoms with van der Waals surface area (Å²) in [4.78, 5) is 18.5. The third-order valence-electron chi connectivity index (χ3n) is 4.16. The van der Waals surface area contributed by atoms with E-state index in [0.717, 1.165) is 12.6 Å². The van der Waals surface area contributed by atoms with E-state index in [1.54, 1.807) is 11.3 Å². The zero-order valence-electron chi connectivity index (χ0n) is 13.4. The molecule has 2 aromatic heterocycles. The first-order chi connectivity index (χ1) is 11.9. The lowest BCUT2D eigenvalue weighted by atomic mass is 9.96. The highest BCUT2D eigenvalue weighted by atomic mass is 32.1. The van der Waals surface area contributed by atoms with E-state index in [2.05, 4.69) is 10.3 Å². The van der Waals surface area contributed by atoms with E-state index in [-0.39, 0.29) is 11.8 Å². The molecule has 0 radical (unpaired) electrons. The van der Waals surface area contributed by atoms with Gasteiger partial charge in [0, 0.05) is 30.4 Å². The molecule has 1 fully saturated rings. The Labute approximate surface area is 151 Å². The highest BCUT2D eigenvalue weighted by Crippen LogP contribution is 2.37. The van der Waals surface area contributed by atoms with Gasteiger partial charge in [0.15, 0.2) is 5.13 Å². The third-order valence-corrected chi connectivity index (χ3v) is 6.20. The van der Waals surface area contributed by atoms with Crippen LogP contribution in [0.4, 0.5) is 18.3 Å². The van der Waals surface area contributed by atoms with Crippen molar-refractivity contribution < 1.29 is 18.0 Å². The Bertz CT molecular complexity index is 692. The summed E-state index contributed by atoms with van der Waals surface area (Å²) in [5.74, 6) is -0.0482. The normalized spacial score (nSPS) is 16.2. The second-order valence-electron chi connectivity index (χ2n) is 5.89. The molecule has 1 N–H and O–H groups in total. The molecule has 1 amide bonds. The Balaban J connectivity index is 1.45. The number of nitrogens with one attached hydrogen (secondary N) is 1. The van der Waals surface area contributed by atoms with Gasteiger partial charge in [-0.2, -0.15) is 13.2 Å². The predicted molar refractivity (Wildman–Crippen MR) is 93.1 cm³/mol. The van der Waals surface area contributed by atoms with Crippen molar-refractivity contribution in [3.05, 3.63) is 33.5 Å². The van der Waals surface area contributed by atoms with E-state index in [4.69, 9.17) is 0 Å². The van der Waals surface area contributed by atoms with Crippen molar-refractivity contribution in [2.24, 2.45) is 5.92 Å². The number of carbonyl (C=O) groups is 1. The molecule has 3 rings (SSSR count). The topological polar surface area (TPSA) is 45.2 Å². The summed E-state index contributed by atoms with van der Waals surface area (Å²) in [7, 11) is 0. The number of aromatic nitrogens is 1. The molecule has 1 saturated heterocycles. The van der Waals surface area contributed by atoms with Crippen LogP contribution in [-0.4, -0.2) is 30.5 Å². The van der Waals surface area contributed by atoms with Crippen LogP contribution in [0.1, 0.15) is 22.6 Å². The molecule has 0 atom stereocenters. The fraction of sp³-hybridized carbons (Fsp3) is 0.500. The first-order valence-electron chi connectivity index (χ1n) is 8.01. The van der Waals surface area contributed by atoms with Crippen LogP contribution >= 0.6 is 22.7 Å². The average molecular weight is 389 g/mol. The fourth-order valence-corrected chi connectivity index (χ4v) is 4.33.